The van der Waals surface area contributed by atoms with Crippen LogP contribution in [0.2, 0.25) is 0 Å². The molecule has 0 radical (unpaired) electrons. The summed E-state index contributed by atoms with van der Waals surface area (Å²) in [6.45, 7) is 7.58. The molecular formula is C22H29N5O3. The third-order valence-electron chi connectivity index (χ3n) is 5.47. The van der Waals surface area contributed by atoms with Crippen molar-refractivity contribution in [2.45, 2.75) is 46.2 Å². The van der Waals surface area contributed by atoms with Crippen LogP contribution in [0.4, 0.5) is 0 Å². The van der Waals surface area contributed by atoms with Crippen LogP contribution < -0.4 is 0 Å². The maximum absolute atomic E-state index is 13.3. The standard InChI is InChI=1S/C21H27N5O.CH2O2/c1-14(2)9-10-19-22-20-15(3)25(11-12-26(20)23-19)21(27)17-13-24(4)18-8-6-5-7-16(17)18;2-1-3/h5-8,13-15H,9-12H2,1-4H3;1H,(H,2,3)/t15-;/m1./s1. The number of hydrogen-bond acceptors (Lipinski definition) is 4. The molecule has 160 valence electrons. The molecule has 3 aromatic rings. The smallest absolute Gasteiger partial charge is 0.290 e. The van der Waals surface area contributed by atoms with Crippen molar-refractivity contribution in [2.24, 2.45) is 13.0 Å². The molecule has 0 saturated heterocycles. The Bertz CT molecular complexity index is 1040. The van der Waals surface area contributed by atoms with E-state index in [1.54, 1.807) is 0 Å². The molecule has 1 aliphatic rings. The number of benzene rings is 1. The maximum Gasteiger partial charge on any atom is 0.290 e. The van der Waals surface area contributed by atoms with Gasteiger partial charge in [-0.1, -0.05) is 32.0 Å². The van der Waals surface area contributed by atoms with Gasteiger partial charge < -0.3 is 14.6 Å². The van der Waals surface area contributed by atoms with E-state index in [0.29, 0.717) is 19.0 Å². The summed E-state index contributed by atoms with van der Waals surface area (Å²) in [5.74, 6) is 2.49. The molecule has 4 rings (SSSR count). The number of rotatable bonds is 4. The molecule has 30 heavy (non-hydrogen) atoms. The predicted molar refractivity (Wildman–Crippen MR) is 114 cm³/mol. The van der Waals surface area contributed by atoms with Crippen molar-refractivity contribution in [2.75, 3.05) is 6.54 Å². The summed E-state index contributed by atoms with van der Waals surface area (Å²) in [7, 11) is 1.98. The zero-order chi connectivity index (χ0) is 21.8. The minimum absolute atomic E-state index is 0.0669. The zero-order valence-electron chi connectivity index (χ0n) is 17.9. The monoisotopic (exact) mass is 411 g/mol. The number of carbonyl (C=O) groups excluding carboxylic acids is 1. The highest BCUT2D eigenvalue weighted by molar-refractivity contribution is 6.07. The largest absolute Gasteiger partial charge is 0.483 e. The summed E-state index contributed by atoms with van der Waals surface area (Å²) in [6.07, 6.45) is 3.91. The lowest BCUT2D eigenvalue weighted by molar-refractivity contribution is -0.122. The van der Waals surface area contributed by atoms with Gasteiger partial charge in [0.25, 0.3) is 12.4 Å². The molecule has 3 heterocycles. The van der Waals surface area contributed by atoms with Crippen molar-refractivity contribution in [1.29, 1.82) is 0 Å². The number of aromatic nitrogens is 4. The lowest BCUT2D eigenvalue weighted by atomic mass is 10.1. The van der Waals surface area contributed by atoms with E-state index in [9.17, 15) is 4.79 Å². The van der Waals surface area contributed by atoms with Gasteiger partial charge in [-0.25, -0.2) is 9.67 Å². The van der Waals surface area contributed by atoms with Crippen LogP contribution in [-0.4, -0.2) is 48.3 Å². The Hall–Kier alpha value is -3.16. The Morgan fingerprint density at radius 1 is 1.30 bits per heavy atom. The third kappa shape index (κ3) is 4.22. The molecule has 1 N–H and O–H groups in total. The van der Waals surface area contributed by atoms with Crippen molar-refractivity contribution in [3.8, 4) is 0 Å². The molecule has 1 aliphatic heterocycles. The molecule has 8 nitrogen and oxygen atoms in total. The maximum atomic E-state index is 13.3. The summed E-state index contributed by atoms with van der Waals surface area (Å²) < 4.78 is 4.00. The van der Waals surface area contributed by atoms with E-state index in [1.807, 2.05) is 51.7 Å². The number of para-hydroxylation sites is 1. The summed E-state index contributed by atoms with van der Waals surface area (Å²) in [5, 5.41) is 12.5. The molecule has 1 aromatic carbocycles. The summed E-state index contributed by atoms with van der Waals surface area (Å²) >= 11 is 0. The first-order valence-corrected chi connectivity index (χ1v) is 10.2. The fraction of sp³-hybridized carbons (Fsp3) is 0.455. The topological polar surface area (TPSA) is 93.3 Å². The highest BCUT2D eigenvalue weighted by Crippen LogP contribution is 2.28. The van der Waals surface area contributed by atoms with E-state index in [2.05, 4.69) is 25.9 Å². The Labute approximate surface area is 176 Å². The molecule has 2 aromatic heterocycles. The first-order valence-electron chi connectivity index (χ1n) is 10.2. The van der Waals surface area contributed by atoms with Gasteiger partial charge in [-0.15, -0.1) is 0 Å². The predicted octanol–water partition coefficient (Wildman–Crippen LogP) is 3.28. The molecule has 0 aliphatic carbocycles. The molecular weight excluding hydrogens is 382 g/mol. The number of hydrogen-bond donors (Lipinski definition) is 1. The van der Waals surface area contributed by atoms with Gasteiger partial charge in [-0.05, 0) is 25.3 Å². The van der Waals surface area contributed by atoms with Crippen LogP contribution in [0.3, 0.4) is 0 Å². The van der Waals surface area contributed by atoms with Crippen LogP contribution in [0.25, 0.3) is 10.9 Å². The van der Waals surface area contributed by atoms with Crippen molar-refractivity contribution >= 4 is 23.3 Å². The van der Waals surface area contributed by atoms with Crippen LogP contribution >= 0.6 is 0 Å². The first kappa shape index (κ1) is 21.5. The van der Waals surface area contributed by atoms with Gasteiger partial charge >= 0.3 is 0 Å². The lowest BCUT2D eigenvalue weighted by Gasteiger charge is -2.32. The second-order valence-electron chi connectivity index (χ2n) is 7.99. The zero-order valence-corrected chi connectivity index (χ0v) is 17.9. The molecule has 1 amide bonds. The van der Waals surface area contributed by atoms with E-state index in [4.69, 9.17) is 14.9 Å². The fourth-order valence-electron chi connectivity index (χ4n) is 3.88. The molecule has 1 atom stereocenters. The third-order valence-corrected chi connectivity index (χ3v) is 5.47. The Kier molecular flexibility index (Phi) is 6.54. The Morgan fingerprint density at radius 3 is 2.70 bits per heavy atom. The Balaban J connectivity index is 0.000000806. The van der Waals surface area contributed by atoms with E-state index in [-0.39, 0.29) is 18.4 Å². The minimum Gasteiger partial charge on any atom is -0.483 e. The van der Waals surface area contributed by atoms with Gasteiger partial charge in [0, 0.05) is 37.1 Å². The number of fused-ring (bicyclic) bond motifs is 2. The highest BCUT2D eigenvalue weighted by atomic mass is 16.3. The van der Waals surface area contributed by atoms with Crippen LogP contribution in [0.5, 0.6) is 0 Å². The van der Waals surface area contributed by atoms with E-state index < -0.39 is 0 Å². The van der Waals surface area contributed by atoms with Gasteiger partial charge in [0.15, 0.2) is 5.82 Å². The second kappa shape index (κ2) is 9.11. The van der Waals surface area contributed by atoms with Crippen molar-refractivity contribution in [1.82, 2.24) is 24.2 Å². The van der Waals surface area contributed by atoms with E-state index in [1.165, 1.54) is 0 Å². The molecule has 8 heteroatoms. The molecule has 0 spiro atoms. The number of carbonyl (C=O) groups is 2. The van der Waals surface area contributed by atoms with E-state index >= 15 is 0 Å². The molecule has 0 fully saturated rings. The van der Waals surface area contributed by atoms with Gasteiger partial charge in [-0.3, -0.25) is 9.59 Å². The molecule has 0 saturated carbocycles. The number of nitrogens with zero attached hydrogens (tertiary/aromatic N) is 5. The van der Waals surface area contributed by atoms with Gasteiger partial charge in [0.1, 0.15) is 5.82 Å². The summed E-state index contributed by atoms with van der Waals surface area (Å²) in [5.41, 5.74) is 1.83. The first-order chi connectivity index (χ1) is 14.4. The number of aryl methyl sites for hydroxylation is 2. The van der Waals surface area contributed by atoms with Gasteiger partial charge in [-0.2, -0.15) is 5.10 Å². The second-order valence-corrected chi connectivity index (χ2v) is 7.99. The van der Waals surface area contributed by atoms with Crippen molar-refractivity contribution < 1.29 is 14.7 Å². The van der Waals surface area contributed by atoms with Gasteiger partial charge in [0.2, 0.25) is 0 Å². The lowest BCUT2D eigenvalue weighted by Crippen LogP contribution is -2.41. The Morgan fingerprint density at radius 2 is 2.00 bits per heavy atom. The highest BCUT2D eigenvalue weighted by Gasteiger charge is 2.32. The SMILES string of the molecule is CC(C)CCc1nc2n(n1)CCN(C(=O)c1cn(C)c3ccccc13)[C@@H]2C.O=CO. The van der Waals surface area contributed by atoms with Crippen molar-refractivity contribution in [3.05, 3.63) is 47.7 Å². The van der Waals surface area contributed by atoms with Crippen LogP contribution in [0.1, 0.15) is 55.2 Å². The fourth-order valence-corrected chi connectivity index (χ4v) is 3.88. The van der Waals surface area contributed by atoms with Crippen LogP contribution in [0.15, 0.2) is 30.5 Å². The summed E-state index contributed by atoms with van der Waals surface area (Å²) in [6, 6.07) is 7.97. The average molecular weight is 412 g/mol. The van der Waals surface area contributed by atoms with Crippen LogP contribution in [-0.2, 0) is 24.8 Å². The van der Waals surface area contributed by atoms with Crippen LogP contribution in [0, 0.1) is 5.92 Å². The average Bonchev–Trinajstić information content (AvgIpc) is 3.29. The summed E-state index contributed by atoms with van der Waals surface area (Å²) in [4.78, 5) is 28.4. The molecule has 0 unspecified atom stereocenters. The number of amides is 1. The minimum atomic E-state index is -0.250. The number of carboxylic acid groups (broad SMARTS) is 1. The van der Waals surface area contributed by atoms with E-state index in [0.717, 1.165) is 41.0 Å². The van der Waals surface area contributed by atoms with Gasteiger partial charge in [0.05, 0.1) is 18.2 Å². The quantitative estimate of drug-likeness (QED) is 0.665. The molecule has 0 bridgehead atoms. The van der Waals surface area contributed by atoms with Crippen molar-refractivity contribution in [3.63, 3.8) is 0 Å². The normalized spacial score (nSPS) is 15.6.